The van der Waals surface area contributed by atoms with E-state index in [1.54, 1.807) is 16.8 Å². The summed E-state index contributed by atoms with van der Waals surface area (Å²) in [6.07, 6.45) is 4.23. The van der Waals surface area contributed by atoms with E-state index in [2.05, 4.69) is 20.6 Å². The number of aromatic carboxylic acids is 1. The number of hydrogen-bond donors (Lipinski definition) is 1. The van der Waals surface area contributed by atoms with Gasteiger partial charge in [0.25, 0.3) is 0 Å². The summed E-state index contributed by atoms with van der Waals surface area (Å²) >= 11 is 6.01. The van der Waals surface area contributed by atoms with Gasteiger partial charge in [-0.3, -0.25) is 14.3 Å². The molecule has 1 aliphatic rings. The highest BCUT2D eigenvalue weighted by Gasteiger charge is 2.38. The summed E-state index contributed by atoms with van der Waals surface area (Å²) in [7, 11) is 0. The lowest BCUT2D eigenvalue weighted by Gasteiger charge is -2.33. The van der Waals surface area contributed by atoms with E-state index in [0.29, 0.717) is 24.2 Å². The number of tetrazole rings is 1. The third-order valence-electron chi connectivity index (χ3n) is 7.10. The molecule has 3 heterocycles. The van der Waals surface area contributed by atoms with Crippen molar-refractivity contribution in [2.24, 2.45) is 0 Å². The van der Waals surface area contributed by atoms with Crippen molar-refractivity contribution >= 4 is 35.3 Å². The van der Waals surface area contributed by atoms with Gasteiger partial charge in [0.05, 0.1) is 22.0 Å². The highest BCUT2D eigenvalue weighted by molar-refractivity contribution is 6.31. The molecule has 1 aliphatic heterocycles. The molecule has 1 atom stereocenters. The zero-order valence-corrected chi connectivity index (χ0v) is 22.9. The number of hydrogen-bond acceptors (Lipinski definition) is 7. The van der Waals surface area contributed by atoms with Gasteiger partial charge >= 0.3 is 5.97 Å². The smallest absolute Gasteiger partial charge is 0.335 e. The van der Waals surface area contributed by atoms with E-state index in [-0.39, 0.29) is 40.6 Å². The average molecular weight is 578 g/mol. The highest BCUT2D eigenvalue weighted by Crippen LogP contribution is 2.33. The topological polar surface area (TPSA) is 136 Å². The van der Waals surface area contributed by atoms with Crippen molar-refractivity contribution in [3.63, 3.8) is 0 Å². The van der Waals surface area contributed by atoms with Crippen LogP contribution in [-0.4, -0.2) is 64.2 Å². The van der Waals surface area contributed by atoms with Crippen LogP contribution in [0.1, 0.15) is 51.4 Å². The molecule has 5 rings (SSSR count). The van der Waals surface area contributed by atoms with Crippen molar-refractivity contribution < 1.29 is 23.9 Å². The van der Waals surface area contributed by atoms with Gasteiger partial charge in [0, 0.05) is 42.4 Å². The number of carboxylic acids is 1. The van der Waals surface area contributed by atoms with Crippen molar-refractivity contribution in [1.29, 1.82) is 0 Å². The summed E-state index contributed by atoms with van der Waals surface area (Å²) < 4.78 is 18.1. The molecule has 2 aromatic heterocycles. The quantitative estimate of drug-likeness (QED) is 0.314. The zero-order chi connectivity index (χ0) is 29.3. The van der Waals surface area contributed by atoms with Crippen LogP contribution >= 0.6 is 11.6 Å². The minimum atomic E-state index is -1.07. The van der Waals surface area contributed by atoms with Crippen LogP contribution in [0.5, 0.6) is 0 Å². The third-order valence-corrected chi connectivity index (χ3v) is 7.39. The second-order valence-corrected chi connectivity index (χ2v) is 9.88. The molecule has 1 N–H and O–H groups in total. The molecule has 0 saturated heterocycles. The number of fused-ring (bicyclic) bond motifs is 1. The average Bonchev–Trinajstić information content (AvgIpc) is 3.61. The minimum absolute atomic E-state index is 0.00310. The lowest BCUT2D eigenvalue weighted by atomic mass is 9.92. The number of ketones is 1. The normalized spacial score (nSPS) is 14.8. The van der Waals surface area contributed by atoms with Crippen LogP contribution in [0.15, 0.2) is 48.8 Å². The number of carbonyl (C=O) groups excluding carboxylic acids is 2. The number of nitrogens with zero attached hydrogens (tertiary/aromatic N) is 7. The van der Waals surface area contributed by atoms with Crippen molar-refractivity contribution in [1.82, 2.24) is 34.9 Å². The van der Waals surface area contributed by atoms with Crippen molar-refractivity contribution in [3.8, 4) is 5.69 Å². The molecule has 0 saturated carbocycles. The molecule has 0 aliphatic carbocycles. The third kappa shape index (κ3) is 5.38. The Bertz CT molecular complexity index is 1670. The monoisotopic (exact) mass is 577 g/mol. The Balaban J connectivity index is 1.49. The fourth-order valence-electron chi connectivity index (χ4n) is 5.02. The predicted octanol–water partition coefficient (Wildman–Crippen LogP) is 3.63. The molecular weight excluding hydrogens is 553 g/mol. The van der Waals surface area contributed by atoms with Gasteiger partial charge in [-0.15, -0.1) is 5.10 Å². The highest BCUT2D eigenvalue weighted by atomic mass is 35.5. The molecular formula is C28H25ClFN7O4. The maximum Gasteiger partial charge on any atom is 0.335 e. The first-order chi connectivity index (χ1) is 19.7. The first kappa shape index (κ1) is 27.8. The van der Waals surface area contributed by atoms with Crippen LogP contribution in [0.4, 0.5) is 4.39 Å². The first-order valence-electron chi connectivity index (χ1n) is 12.8. The Morgan fingerprint density at radius 3 is 2.59 bits per heavy atom. The second-order valence-electron chi connectivity index (χ2n) is 9.48. The van der Waals surface area contributed by atoms with Gasteiger partial charge in [-0.2, -0.15) is 9.78 Å². The maximum absolute atomic E-state index is 15.1. The van der Waals surface area contributed by atoms with Crippen LogP contribution in [-0.2, 0) is 29.0 Å². The second kappa shape index (κ2) is 11.4. The van der Waals surface area contributed by atoms with Crippen molar-refractivity contribution in [2.45, 2.75) is 39.3 Å². The summed E-state index contributed by atoms with van der Waals surface area (Å²) in [4.78, 5) is 40.0. The maximum atomic E-state index is 15.1. The Hall–Kier alpha value is -4.71. The lowest BCUT2D eigenvalue weighted by molar-refractivity contribution is -0.136. The van der Waals surface area contributed by atoms with Gasteiger partial charge in [-0.1, -0.05) is 23.7 Å². The van der Waals surface area contributed by atoms with E-state index in [9.17, 15) is 19.5 Å². The molecule has 0 radical (unpaired) electrons. The Morgan fingerprint density at radius 1 is 1.17 bits per heavy atom. The molecule has 2 aromatic carbocycles. The van der Waals surface area contributed by atoms with E-state index < -0.39 is 23.7 Å². The Labute approximate surface area is 238 Å². The molecule has 4 aromatic rings. The van der Waals surface area contributed by atoms with Crippen molar-refractivity contribution in [3.05, 3.63) is 93.3 Å². The molecule has 1 amide bonds. The largest absolute Gasteiger partial charge is 0.478 e. The number of amides is 1. The van der Waals surface area contributed by atoms with Gasteiger partial charge in [-0.25, -0.2) is 9.18 Å². The first-order valence-corrected chi connectivity index (χ1v) is 13.2. The number of aromatic nitrogens is 6. The summed E-state index contributed by atoms with van der Waals surface area (Å²) in [6, 6.07) is 7.93. The number of Topliss-reactive ketones (excluding diaryl/α,β-unsaturated/α-hetero) is 1. The molecule has 41 heavy (non-hydrogen) atoms. The van der Waals surface area contributed by atoms with E-state index in [0.717, 1.165) is 11.3 Å². The molecule has 11 nitrogen and oxygen atoms in total. The SMILES string of the molecule is CCn1nc2c(c1C)CCN(C(=O)/C=C/c1c(-n3cnnn3)ccc(Cl)c1F)C2C(=O)Cc1ccc(C(=O)O)cc1. The predicted molar refractivity (Wildman–Crippen MR) is 146 cm³/mol. The van der Waals surface area contributed by atoms with Crippen LogP contribution in [0.25, 0.3) is 11.8 Å². The minimum Gasteiger partial charge on any atom is -0.478 e. The molecule has 13 heteroatoms. The zero-order valence-electron chi connectivity index (χ0n) is 22.2. The fraction of sp³-hybridized carbons (Fsp3) is 0.250. The summed E-state index contributed by atoms with van der Waals surface area (Å²) in [6.45, 7) is 4.72. The van der Waals surface area contributed by atoms with Crippen molar-refractivity contribution in [2.75, 3.05) is 6.54 Å². The molecule has 1 unspecified atom stereocenters. The number of rotatable bonds is 8. The number of halogens is 2. The van der Waals surface area contributed by atoms with Crippen LogP contribution in [0.2, 0.25) is 5.02 Å². The van der Waals surface area contributed by atoms with Gasteiger partial charge in [0.2, 0.25) is 5.91 Å². The van der Waals surface area contributed by atoms with Crippen LogP contribution < -0.4 is 0 Å². The molecule has 210 valence electrons. The van der Waals surface area contributed by atoms with Gasteiger partial charge in [0.1, 0.15) is 12.4 Å². The Morgan fingerprint density at radius 2 is 1.93 bits per heavy atom. The molecule has 0 spiro atoms. The van der Waals surface area contributed by atoms with E-state index in [4.69, 9.17) is 11.6 Å². The molecule has 0 bridgehead atoms. The number of aryl methyl sites for hydroxylation is 1. The standard InChI is InChI=1S/C28H25ClFN7O4/c1-3-36-16(2)19-12-13-35(27(26(19)32-36)23(38)14-17-4-6-18(7-5-17)28(40)41)24(39)11-8-20-22(37-15-31-33-34-37)10-9-21(29)25(20)30/h4-11,15,27H,3,12-14H2,1-2H3,(H,40,41)/b11-8+. The number of carbonyl (C=O) groups is 3. The Kier molecular flexibility index (Phi) is 7.75. The summed E-state index contributed by atoms with van der Waals surface area (Å²) in [5.74, 6) is -2.61. The lowest BCUT2D eigenvalue weighted by Crippen LogP contribution is -2.43. The number of benzene rings is 2. The number of carboxylic acid groups (broad SMARTS) is 1. The summed E-state index contributed by atoms with van der Waals surface area (Å²) in [5, 5.41) is 24.7. The van der Waals surface area contributed by atoms with Gasteiger partial charge in [0.15, 0.2) is 11.6 Å². The van der Waals surface area contributed by atoms with Gasteiger partial charge in [-0.05, 0) is 66.6 Å². The van der Waals surface area contributed by atoms with E-state index in [1.165, 1.54) is 52.3 Å². The molecule has 0 fully saturated rings. The van der Waals surface area contributed by atoms with E-state index in [1.807, 2.05) is 13.8 Å². The summed E-state index contributed by atoms with van der Waals surface area (Å²) in [5.41, 5.74) is 3.35. The van der Waals surface area contributed by atoms with Crippen LogP contribution in [0.3, 0.4) is 0 Å². The van der Waals surface area contributed by atoms with Crippen LogP contribution in [0, 0.1) is 12.7 Å². The fourth-order valence-corrected chi connectivity index (χ4v) is 5.18. The van der Waals surface area contributed by atoms with Gasteiger partial charge < -0.3 is 10.0 Å². The van der Waals surface area contributed by atoms with E-state index >= 15 is 4.39 Å².